The summed E-state index contributed by atoms with van der Waals surface area (Å²) in [5.74, 6) is 0. The lowest BCUT2D eigenvalue weighted by Gasteiger charge is -2.45. The molecule has 220 valence electrons. The van der Waals surface area contributed by atoms with Gasteiger partial charge >= 0.3 is 22.1 Å². The van der Waals surface area contributed by atoms with Crippen molar-refractivity contribution in [2.75, 3.05) is 9.44 Å². The normalized spacial score (nSPS) is 13.5. The third kappa shape index (κ3) is 4.37. The zero-order chi connectivity index (χ0) is 31.6. The van der Waals surface area contributed by atoms with Gasteiger partial charge in [0.05, 0.1) is 0 Å². The van der Waals surface area contributed by atoms with Crippen molar-refractivity contribution in [1.29, 1.82) is 0 Å². The van der Waals surface area contributed by atoms with E-state index in [0.717, 1.165) is 11.4 Å². The number of fused-ring (bicyclic) bond motifs is 6. The van der Waals surface area contributed by atoms with Crippen molar-refractivity contribution < 1.29 is 0 Å². The highest BCUT2D eigenvalue weighted by Crippen LogP contribution is 2.36. The highest BCUT2D eigenvalue weighted by atomic mass is 15.2. The molecule has 1 aliphatic heterocycles. The lowest BCUT2D eigenvalue weighted by molar-refractivity contribution is 1.33. The molecule has 1 heterocycles. The topological polar surface area (TPSA) is 18.5 Å². The zero-order valence-corrected chi connectivity index (χ0v) is 26.2. The van der Waals surface area contributed by atoms with E-state index in [1.165, 1.54) is 70.1 Å². The van der Waals surface area contributed by atoms with E-state index in [-0.39, 0.29) is 6.98 Å². The summed E-state index contributed by atoms with van der Waals surface area (Å²) in [7, 11) is 4.26. The van der Waals surface area contributed by atoms with Gasteiger partial charge in [-0.2, -0.15) is 0 Å². The average Bonchev–Trinajstić information content (AvgIpc) is 3.14. The fourth-order valence-corrected chi connectivity index (χ4v) is 7.74. The van der Waals surface area contributed by atoms with E-state index in [4.69, 9.17) is 0 Å². The molecular weight excluding hydrogens is 579 g/mol. The van der Waals surface area contributed by atoms with Crippen LogP contribution in [0.15, 0.2) is 164 Å². The van der Waals surface area contributed by atoms with Crippen molar-refractivity contribution >= 4 is 104 Å². The van der Waals surface area contributed by atoms with Crippen LogP contribution in [0, 0.1) is 0 Å². The Morgan fingerprint density at radius 1 is 0.354 bits per heavy atom. The Morgan fingerprint density at radius 3 is 1.17 bits per heavy atom. The number of anilines is 2. The van der Waals surface area contributed by atoms with E-state index in [9.17, 15) is 0 Å². The molecule has 0 bridgehead atoms. The molecule has 1 saturated heterocycles. The van der Waals surface area contributed by atoms with Gasteiger partial charge in [-0.1, -0.05) is 115 Å². The van der Waals surface area contributed by atoms with Crippen molar-refractivity contribution in [3.63, 3.8) is 0 Å². The van der Waals surface area contributed by atoms with Crippen LogP contribution in [-0.2, 0) is 0 Å². The summed E-state index contributed by atoms with van der Waals surface area (Å²) in [6.07, 6.45) is 0. The van der Waals surface area contributed by atoms with Crippen molar-refractivity contribution in [3.05, 3.63) is 164 Å². The molecule has 0 saturated carbocycles. The van der Waals surface area contributed by atoms with Gasteiger partial charge < -0.3 is 14.6 Å². The Bertz CT molecular complexity index is 2580. The van der Waals surface area contributed by atoms with Crippen LogP contribution >= 0.6 is 0 Å². The van der Waals surface area contributed by atoms with Gasteiger partial charge in [-0.15, -0.1) is 0 Å². The number of nitrogens with one attached hydrogen (secondary N) is 1. The van der Waals surface area contributed by atoms with Crippen molar-refractivity contribution in [3.8, 4) is 0 Å². The summed E-state index contributed by atoms with van der Waals surface area (Å²) in [5, 5.41) is 18.4. The van der Waals surface area contributed by atoms with Crippen molar-refractivity contribution in [2.24, 2.45) is 0 Å². The van der Waals surface area contributed by atoms with E-state index in [1.54, 1.807) is 0 Å². The Kier molecular flexibility index (Phi) is 6.25. The molecule has 0 amide bonds. The van der Waals surface area contributed by atoms with E-state index in [2.05, 4.69) is 193 Å². The first-order valence-electron chi connectivity index (χ1n) is 16.5. The van der Waals surface area contributed by atoms with Crippen LogP contribution in [0.2, 0.25) is 0 Å². The molecule has 1 aliphatic rings. The van der Waals surface area contributed by atoms with Gasteiger partial charge in [0.25, 0.3) is 0 Å². The van der Waals surface area contributed by atoms with Gasteiger partial charge in [-0.25, -0.2) is 0 Å². The smallest absolute Gasteiger partial charge is 0.387 e. The Labute approximate surface area is 281 Å². The van der Waals surface area contributed by atoms with E-state index in [0.29, 0.717) is 0 Å². The molecule has 0 spiro atoms. The maximum atomic E-state index is 3.56. The SMILES string of the molecule is [B]1N[B]N(c2cccc3cc4ccccc4cc23)B(c2cccc3cc4ccccc4cc23)N1c1cccc2cc3ccccc3cc12. The first kappa shape index (κ1) is 27.4. The van der Waals surface area contributed by atoms with Gasteiger partial charge in [0.2, 0.25) is 0 Å². The lowest BCUT2D eigenvalue weighted by Crippen LogP contribution is -2.72. The molecule has 0 unspecified atom stereocenters. The minimum Gasteiger partial charge on any atom is -0.429 e. The average molecular weight is 607 g/mol. The Balaban J connectivity index is 1.25. The number of hydrogen-bond donors (Lipinski definition) is 1. The van der Waals surface area contributed by atoms with Gasteiger partial charge in [0, 0.05) is 22.1 Å². The quantitative estimate of drug-likeness (QED) is 0.160. The van der Waals surface area contributed by atoms with Gasteiger partial charge in [-0.3, -0.25) is 0 Å². The monoisotopic (exact) mass is 607 g/mol. The second-order valence-corrected chi connectivity index (χ2v) is 12.8. The molecule has 48 heavy (non-hydrogen) atoms. The van der Waals surface area contributed by atoms with Crippen LogP contribution in [0.4, 0.5) is 11.4 Å². The molecule has 2 radical (unpaired) electrons. The molecule has 9 aromatic rings. The summed E-state index contributed by atoms with van der Waals surface area (Å²) in [4.78, 5) is 0. The predicted octanol–water partition coefficient (Wildman–Crippen LogP) is 8.99. The van der Waals surface area contributed by atoms with Crippen LogP contribution in [0.1, 0.15) is 0 Å². The van der Waals surface area contributed by atoms with Crippen LogP contribution < -0.4 is 20.0 Å². The molecule has 6 heteroatoms. The molecule has 9 aromatic carbocycles. The van der Waals surface area contributed by atoms with Crippen molar-refractivity contribution in [2.45, 2.75) is 0 Å². The molecule has 10 rings (SSSR count). The Hall–Kier alpha value is -5.71. The second kappa shape index (κ2) is 10.9. The molecule has 0 aromatic heterocycles. The maximum absolute atomic E-state index is 3.56. The second-order valence-electron chi connectivity index (χ2n) is 12.8. The third-order valence-electron chi connectivity index (χ3n) is 10.0. The maximum Gasteiger partial charge on any atom is 0.387 e. The van der Waals surface area contributed by atoms with E-state index < -0.39 is 0 Å². The van der Waals surface area contributed by atoms with Gasteiger partial charge in [0.1, 0.15) is 0 Å². The van der Waals surface area contributed by atoms with Gasteiger partial charge in [0.15, 0.2) is 0 Å². The number of nitrogens with zero attached hydrogens (tertiary/aromatic N) is 2. The summed E-state index contributed by atoms with van der Waals surface area (Å²) < 4.78 is 4.84. The predicted molar refractivity (Wildman–Crippen MR) is 209 cm³/mol. The van der Waals surface area contributed by atoms with E-state index in [1.807, 2.05) is 0 Å². The van der Waals surface area contributed by atoms with Gasteiger partial charge in [-0.05, 0) is 108 Å². The van der Waals surface area contributed by atoms with Crippen LogP contribution in [0.5, 0.6) is 0 Å². The molecule has 0 atom stereocenters. The standard InChI is InChI=1S/C42H28B3N3/c1-4-13-31-25-37-34(22-28(31)10-1)16-7-19-40(37)45-47(41-20-8-17-35-23-29-11-2-5-14-32(29)26-38(35)41)43-46-44-48(45)42-21-9-18-36-24-30-12-3-6-15-33(30)27-39(36)42/h1-27,46H. The Morgan fingerprint density at radius 2 is 0.708 bits per heavy atom. The van der Waals surface area contributed by atoms with E-state index >= 15 is 0 Å². The minimum atomic E-state index is -0.176. The summed E-state index contributed by atoms with van der Waals surface area (Å²) in [6, 6.07) is 60.0. The fourth-order valence-electron chi connectivity index (χ4n) is 7.74. The molecule has 1 N–H and O–H groups in total. The highest BCUT2D eigenvalue weighted by Gasteiger charge is 2.40. The number of hydrogen-bond acceptors (Lipinski definition) is 3. The lowest BCUT2D eigenvalue weighted by atomic mass is 9.53. The van der Waals surface area contributed by atoms with Crippen LogP contribution in [0.25, 0.3) is 64.6 Å². The first-order valence-corrected chi connectivity index (χ1v) is 16.5. The fraction of sp³-hybridized carbons (Fsp3) is 0. The van der Waals surface area contributed by atoms with Crippen LogP contribution in [0.3, 0.4) is 0 Å². The minimum absolute atomic E-state index is 0.176. The molecule has 1 fully saturated rings. The summed E-state index contributed by atoms with van der Waals surface area (Å²) in [5.41, 5.74) is 3.54. The largest absolute Gasteiger partial charge is 0.429 e. The van der Waals surface area contributed by atoms with Crippen LogP contribution in [-0.4, -0.2) is 22.1 Å². The summed E-state index contributed by atoms with van der Waals surface area (Å²) in [6.45, 7) is -0.176. The molecule has 3 nitrogen and oxygen atoms in total. The molecular formula is C42H28B3N3. The van der Waals surface area contributed by atoms with Crippen molar-refractivity contribution in [1.82, 2.24) is 5.14 Å². The molecule has 0 aliphatic carbocycles. The highest BCUT2D eigenvalue weighted by molar-refractivity contribution is 6.98. The summed E-state index contributed by atoms with van der Waals surface area (Å²) >= 11 is 0. The number of rotatable bonds is 3. The zero-order valence-electron chi connectivity index (χ0n) is 26.2. The number of benzene rings is 9. The first-order chi connectivity index (χ1) is 23.8. The third-order valence-corrected chi connectivity index (χ3v) is 10.0.